The molecular weight excluding hydrogens is 218 g/mol. The molecule has 0 atom stereocenters. The first-order chi connectivity index (χ1) is 8.04. The normalized spacial score (nSPS) is 10.5. The minimum absolute atomic E-state index is 0.147. The molecule has 17 heavy (non-hydrogen) atoms. The summed E-state index contributed by atoms with van der Waals surface area (Å²) >= 11 is 0. The van der Waals surface area contributed by atoms with E-state index in [1.807, 2.05) is 18.2 Å². The Morgan fingerprint density at radius 3 is 2.35 bits per heavy atom. The van der Waals surface area contributed by atoms with Crippen LogP contribution < -0.4 is 5.11 Å². The molecule has 1 N–H and O–H groups in total. The highest BCUT2D eigenvalue weighted by Gasteiger charge is 2.17. The fourth-order valence-electron chi connectivity index (χ4n) is 1.94. The first-order valence-electron chi connectivity index (χ1n) is 5.19. The SMILES string of the molecule is Cc1c(C(=O)O)c([O-])c(-c2ccccc2)n1C. The van der Waals surface area contributed by atoms with Crippen molar-refractivity contribution in [2.75, 3.05) is 0 Å². The average molecular weight is 230 g/mol. The lowest BCUT2D eigenvalue weighted by Crippen LogP contribution is -2.02. The van der Waals surface area contributed by atoms with E-state index in [-0.39, 0.29) is 5.56 Å². The van der Waals surface area contributed by atoms with Gasteiger partial charge in [0, 0.05) is 18.4 Å². The quantitative estimate of drug-likeness (QED) is 0.855. The van der Waals surface area contributed by atoms with Gasteiger partial charge in [-0.15, -0.1) is 0 Å². The highest BCUT2D eigenvalue weighted by Crippen LogP contribution is 2.34. The Balaban J connectivity index is 2.72. The largest absolute Gasteiger partial charge is 0.870 e. The predicted molar refractivity (Wildman–Crippen MR) is 62.0 cm³/mol. The number of aromatic nitrogens is 1. The molecule has 2 aromatic rings. The molecule has 1 aromatic carbocycles. The summed E-state index contributed by atoms with van der Waals surface area (Å²) in [5, 5.41) is 21.1. The Kier molecular flexibility index (Phi) is 2.63. The van der Waals surface area contributed by atoms with Crippen LogP contribution in [0.2, 0.25) is 0 Å². The van der Waals surface area contributed by atoms with Crippen molar-refractivity contribution in [1.29, 1.82) is 0 Å². The number of hydrogen-bond acceptors (Lipinski definition) is 2. The summed E-state index contributed by atoms with van der Waals surface area (Å²) in [4.78, 5) is 11.0. The van der Waals surface area contributed by atoms with E-state index in [1.165, 1.54) is 0 Å². The first-order valence-corrected chi connectivity index (χ1v) is 5.19. The summed E-state index contributed by atoms with van der Waals surface area (Å²) in [7, 11) is 1.70. The third-order valence-electron chi connectivity index (χ3n) is 2.90. The second-order valence-corrected chi connectivity index (χ2v) is 3.87. The summed E-state index contributed by atoms with van der Waals surface area (Å²) in [5.74, 6) is -1.60. The number of rotatable bonds is 2. The Bertz CT molecular complexity index is 570. The Morgan fingerprint density at radius 1 is 1.29 bits per heavy atom. The molecule has 4 heteroatoms. The third-order valence-corrected chi connectivity index (χ3v) is 2.90. The molecule has 0 spiro atoms. The van der Waals surface area contributed by atoms with Crippen molar-refractivity contribution < 1.29 is 15.0 Å². The molecule has 1 aromatic heterocycles. The van der Waals surface area contributed by atoms with Gasteiger partial charge in [-0.05, 0) is 12.5 Å². The average Bonchev–Trinajstić information content (AvgIpc) is 2.51. The number of carboxylic acids is 1. The molecule has 0 radical (unpaired) electrons. The van der Waals surface area contributed by atoms with Crippen LogP contribution in [0.15, 0.2) is 30.3 Å². The zero-order valence-corrected chi connectivity index (χ0v) is 9.60. The summed E-state index contributed by atoms with van der Waals surface area (Å²) in [5.41, 5.74) is 1.48. The molecule has 0 saturated carbocycles. The molecule has 2 rings (SSSR count). The molecule has 0 aliphatic heterocycles. The van der Waals surface area contributed by atoms with Gasteiger partial charge in [-0.25, -0.2) is 4.79 Å². The van der Waals surface area contributed by atoms with Gasteiger partial charge in [-0.3, -0.25) is 0 Å². The Labute approximate surface area is 98.8 Å². The van der Waals surface area contributed by atoms with Gasteiger partial charge >= 0.3 is 5.97 Å². The van der Waals surface area contributed by atoms with Crippen molar-refractivity contribution in [3.05, 3.63) is 41.6 Å². The number of hydrogen-bond donors (Lipinski definition) is 1. The maximum absolute atomic E-state index is 12.1. The number of carbonyl (C=O) groups is 1. The van der Waals surface area contributed by atoms with E-state index in [0.717, 1.165) is 5.56 Å². The van der Waals surface area contributed by atoms with Crippen molar-refractivity contribution in [3.8, 4) is 17.0 Å². The van der Waals surface area contributed by atoms with Crippen molar-refractivity contribution in [1.82, 2.24) is 4.57 Å². The van der Waals surface area contributed by atoms with E-state index in [0.29, 0.717) is 11.4 Å². The fourth-order valence-corrected chi connectivity index (χ4v) is 1.94. The van der Waals surface area contributed by atoms with Crippen LogP contribution in [0.4, 0.5) is 0 Å². The maximum atomic E-state index is 12.1. The zero-order chi connectivity index (χ0) is 12.6. The number of benzene rings is 1. The predicted octanol–water partition coefficient (Wildman–Crippen LogP) is 1.77. The van der Waals surface area contributed by atoms with Crippen LogP contribution in [0.25, 0.3) is 11.3 Å². The number of nitrogens with zero attached hydrogens (tertiary/aromatic N) is 1. The van der Waals surface area contributed by atoms with Crippen LogP contribution in [0.3, 0.4) is 0 Å². The van der Waals surface area contributed by atoms with Crippen molar-refractivity contribution >= 4 is 5.97 Å². The first kappa shape index (κ1) is 11.3. The van der Waals surface area contributed by atoms with Crippen LogP contribution in [-0.4, -0.2) is 15.6 Å². The topological polar surface area (TPSA) is 65.3 Å². The molecule has 0 bridgehead atoms. The van der Waals surface area contributed by atoms with Gasteiger partial charge in [0.15, 0.2) is 0 Å². The monoisotopic (exact) mass is 230 g/mol. The van der Waals surface area contributed by atoms with Crippen LogP contribution in [0.5, 0.6) is 5.75 Å². The van der Waals surface area contributed by atoms with Crippen LogP contribution >= 0.6 is 0 Å². The molecule has 0 aliphatic carbocycles. The molecular formula is C13H12NO3-. The lowest BCUT2D eigenvalue weighted by Gasteiger charge is -2.11. The molecule has 0 fully saturated rings. The third kappa shape index (κ3) is 1.67. The van der Waals surface area contributed by atoms with Gasteiger partial charge < -0.3 is 14.8 Å². The van der Waals surface area contributed by atoms with Gasteiger partial charge in [0.25, 0.3) is 0 Å². The summed E-state index contributed by atoms with van der Waals surface area (Å²) < 4.78 is 1.63. The highest BCUT2D eigenvalue weighted by molar-refractivity contribution is 5.95. The second-order valence-electron chi connectivity index (χ2n) is 3.87. The van der Waals surface area contributed by atoms with Crippen molar-refractivity contribution in [2.24, 2.45) is 7.05 Å². The van der Waals surface area contributed by atoms with E-state index in [1.54, 1.807) is 30.7 Å². The van der Waals surface area contributed by atoms with Crippen molar-refractivity contribution in [3.63, 3.8) is 0 Å². The van der Waals surface area contributed by atoms with Crippen molar-refractivity contribution in [2.45, 2.75) is 6.92 Å². The molecule has 0 unspecified atom stereocenters. The number of carboxylic acid groups (broad SMARTS) is 1. The Morgan fingerprint density at radius 2 is 1.88 bits per heavy atom. The molecule has 0 saturated heterocycles. The second kappa shape index (κ2) is 3.97. The van der Waals surface area contributed by atoms with E-state index in [4.69, 9.17) is 5.11 Å². The summed E-state index contributed by atoms with van der Waals surface area (Å²) in [6, 6.07) is 9.07. The molecule has 0 aliphatic rings. The lowest BCUT2D eigenvalue weighted by molar-refractivity contribution is -0.267. The van der Waals surface area contributed by atoms with E-state index in [9.17, 15) is 9.90 Å². The summed E-state index contributed by atoms with van der Waals surface area (Å²) in [6.07, 6.45) is 0. The fraction of sp³-hybridized carbons (Fsp3) is 0.154. The van der Waals surface area contributed by atoms with E-state index < -0.39 is 11.7 Å². The standard InChI is InChI=1S/C13H13NO3/c1-8-10(13(16)17)12(15)11(14(8)2)9-6-4-3-5-7-9/h3-7,15H,1-2H3,(H,16,17)/p-1. The number of aromatic carboxylic acids is 1. The molecule has 4 nitrogen and oxygen atoms in total. The summed E-state index contributed by atoms with van der Waals surface area (Å²) in [6.45, 7) is 1.64. The Hall–Kier alpha value is -2.23. The molecule has 1 heterocycles. The van der Waals surface area contributed by atoms with E-state index in [2.05, 4.69) is 0 Å². The minimum Gasteiger partial charge on any atom is -0.870 e. The maximum Gasteiger partial charge on any atom is 0.336 e. The van der Waals surface area contributed by atoms with Crippen LogP contribution in [-0.2, 0) is 7.05 Å². The smallest absolute Gasteiger partial charge is 0.336 e. The van der Waals surface area contributed by atoms with Gasteiger partial charge in [-0.1, -0.05) is 36.1 Å². The highest BCUT2D eigenvalue weighted by atomic mass is 16.4. The van der Waals surface area contributed by atoms with Gasteiger partial charge in [-0.2, -0.15) is 0 Å². The molecule has 88 valence electrons. The van der Waals surface area contributed by atoms with Gasteiger partial charge in [0.05, 0.1) is 5.56 Å². The zero-order valence-electron chi connectivity index (χ0n) is 9.60. The van der Waals surface area contributed by atoms with Gasteiger partial charge in [0.2, 0.25) is 0 Å². The van der Waals surface area contributed by atoms with Crippen LogP contribution in [0.1, 0.15) is 16.1 Å². The lowest BCUT2D eigenvalue weighted by atomic mass is 10.1. The van der Waals surface area contributed by atoms with Gasteiger partial charge in [0.1, 0.15) is 0 Å². The minimum atomic E-state index is -1.18. The molecule has 0 amide bonds. The van der Waals surface area contributed by atoms with E-state index >= 15 is 0 Å². The van der Waals surface area contributed by atoms with Crippen LogP contribution in [0, 0.1) is 6.92 Å².